The molecular weight excluding hydrogens is 280 g/mol. The molecule has 1 N–H and O–H groups in total. The molecule has 0 bridgehead atoms. The molecule has 22 heavy (non-hydrogen) atoms. The van der Waals surface area contributed by atoms with Gasteiger partial charge >= 0.3 is 5.97 Å². The van der Waals surface area contributed by atoms with Crippen molar-refractivity contribution in [2.45, 2.75) is 20.3 Å². The molecule has 0 unspecified atom stereocenters. The number of carboxylic acids is 1. The van der Waals surface area contributed by atoms with Crippen LogP contribution in [-0.4, -0.2) is 23.5 Å². The fourth-order valence-corrected chi connectivity index (χ4v) is 2.03. The Morgan fingerprint density at radius 3 is 2.27 bits per heavy atom. The first-order chi connectivity index (χ1) is 10.5. The molecule has 0 radical (unpaired) electrons. The number of carboxylic acid groups (broad SMARTS) is 1. The number of hydrogen-bond acceptors (Lipinski definition) is 3. The van der Waals surface area contributed by atoms with Gasteiger partial charge in [0.05, 0.1) is 6.42 Å². The third kappa shape index (κ3) is 4.19. The lowest BCUT2D eigenvalue weighted by atomic mass is 10.0. The normalized spacial score (nSPS) is 10.3. The second-order valence-corrected chi connectivity index (χ2v) is 5.23. The van der Waals surface area contributed by atoms with E-state index in [0.717, 1.165) is 11.1 Å². The zero-order valence-corrected chi connectivity index (χ0v) is 12.6. The molecule has 0 aliphatic heterocycles. The predicted molar refractivity (Wildman–Crippen MR) is 83.5 cm³/mol. The van der Waals surface area contributed by atoms with Gasteiger partial charge in [0, 0.05) is 5.56 Å². The summed E-state index contributed by atoms with van der Waals surface area (Å²) in [7, 11) is 0. The highest BCUT2D eigenvalue weighted by Crippen LogP contribution is 2.14. The van der Waals surface area contributed by atoms with Crippen molar-refractivity contribution in [1.82, 2.24) is 0 Å². The van der Waals surface area contributed by atoms with Gasteiger partial charge in [-0.1, -0.05) is 24.3 Å². The van der Waals surface area contributed by atoms with E-state index in [9.17, 15) is 9.59 Å². The van der Waals surface area contributed by atoms with Crippen LogP contribution < -0.4 is 4.74 Å². The van der Waals surface area contributed by atoms with Crippen molar-refractivity contribution in [3.8, 4) is 5.75 Å². The molecule has 2 aromatic rings. The Bertz CT molecular complexity index is 687. The van der Waals surface area contributed by atoms with Crippen LogP contribution >= 0.6 is 0 Å². The fourth-order valence-electron chi connectivity index (χ4n) is 2.03. The van der Waals surface area contributed by atoms with E-state index in [-0.39, 0.29) is 18.8 Å². The van der Waals surface area contributed by atoms with Gasteiger partial charge in [0.2, 0.25) is 0 Å². The van der Waals surface area contributed by atoms with E-state index in [4.69, 9.17) is 9.84 Å². The van der Waals surface area contributed by atoms with Gasteiger partial charge < -0.3 is 9.84 Å². The SMILES string of the molecule is Cc1ccc(C(=O)COc2ccc(CC(=O)O)cc2)cc1C. The Kier molecular flexibility index (Phi) is 4.94. The summed E-state index contributed by atoms with van der Waals surface area (Å²) in [5.41, 5.74) is 3.54. The average Bonchev–Trinajstić information content (AvgIpc) is 2.48. The van der Waals surface area contributed by atoms with Gasteiger partial charge in [-0.15, -0.1) is 0 Å². The quantitative estimate of drug-likeness (QED) is 0.832. The number of Topliss-reactive ketones (excluding diaryl/α,β-unsaturated/α-hetero) is 1. The van der Waals surface area contributed by atoms with Crippen molar-refractivity contribution in [2.24, 2.45) is 0 Å². The molecule has 0 amide bonds. The zero-order valence-electron chi connectivity index (χ0n) is 12.6. The van der Waals surface area contributed by atoms with Gasteiger partial charge in [-0.05, 0) is 48.7 Å². The third-order valence-corrected chi connectivity index (χ3v) is 3.48. The van der Waals surface area contributed by atoms with Crippen LogP contribution in [0.1, 0.15) is 27.0 Å². The third-order valence-electron chi connectivity index (χ3n) is 3.48. The molecule has 0 spiro atoms. The smallest absolute Gasteiger partial charge is 0.307 e. The van der Waals surface area contributed by atoms with Gasteiger partial charge in [0.25, 0.3) is 0 Å². The van der Waals surface area contributed by atoms with Crippen LogP contribution in [0.5, 0.6) is 5.75 Å². The summed E-state index contributed by atoms with van der Waals surface area (Å²) in [6.07, 6.45) is -0.0259. The summed E-state index contributed by atoms with van der Waals surface area (Å²) in [6, 6.07) is 12.3. The molecule has 2 aromatic carbocycles. The molecule has 0 atom stereocenters. The minimum Gasteiger partial charge on any atom is -0.485 e. The van der Waals surface area contributed by atoms with Crippen molar-refractivity contribution in [2.75, 3.05) is 6.61 Å². The Morgan fingerprint density at radius 2 is 1.68 bits per heavy atom. The number of aryl methyl sites for hydroxylation is 2. The second kappa shape index (κ2) is 6.89. The van der Waals surface area contributed by atoms with Crippen molar-refractivity contribution < 1.29 is 19.4 Å². The van der Waals surface area contributed by atoms with E-state index in [1.165, 1.54) is 0 Å². The number of ether oxygens (including phenoxy) is 1. The topological polar surface area (TPSA) is 63.6 Å². The summed E-state index contributed by atoms with van der Waals surface area (Å²) >= 11 is 0. The minimum atomic E-state index is -0.876. The van der Waals surface area contributed by atoms with E-state index >= 15 is 0 Å². The Morgan fingerprint density at radius 1 is 1.00 bits per heavy atom. The summed E-state index contributed by atoms with van der Waals surface area (Å²) in [4.78, 5) is 22.7. The highest BCUT2D eigenvalue weighted by atomic mass is 16.5. The molecule has 0 aromatic heterocycles. The Labute approximate surface area is 129 Å². The van der Waals surface area contributed by atoms with Crippen molar-refractivity contribution >= 4 is 11.8 Å². The molecule has 0 saturated carbocycles. The number of ketones is 1. The number of aliphatic carboxylic acids is 1. The zero-order chi connectivity index (χ0) is 16.1. The summed E-state index contributed by atoms with van der Waals surface area (Å²) in [6.45, 7) is 3.92. The summed E-state index contributed by atoms with van der Waals surface area (Å²) in [5.74, 6) is -0.414. The average molecular weight is 298 g/mol. The van der Waals surface area contributed by atoms with E-state index in [1.54, 1.807) is 30.3 Å². The van der Waals surface area contributed by atoms with Gasteiger partial charge in [-0.3, -0.25) is 9.59 Å². The highest BCUT2D eigenvalue weighted by Gasteiger charge is 2.08. The predicted octanol–water partition coefficient (Wildman–Crippen LogP) is 3.19. The fraction of sp³-hybridized carbons (Fsp3) is 0.222. The first-order valence-electron chi connectivity index (χ1n) is 6.99. The van der Waals surface area contributed by atoms with Crippen molar-refractivity contribution in [3.05, 3.63) is 64.7 Å². The Hall–Kier alpha value is -2.62. The van der Waals surface area contributed by atoms with Crippen LogP contribution in [-0.2, 0) is 11.2 Å². The van der Waals surface area contributed by atoms with Crippen molar-refractivity contribution in [3.63, 3.8) is 0 Å². The van der Waals surface area contributed by atoms with E-state index < -0.39 is 5.97 Å². The molecular formula is C18H18O4. The van der Waals surface area contributed by atoms with Gasteiger partial charge in [0.15, 0.2) is 12.4 Å². The van der Waals surface area contributed by atoms with Crippen LogP contribution in [0.4, 0.5) is 0 Å². The molecule has 2 rings (SSSR count). The van der Waals surface area contributed by atoms with Crippen LogP contribution in [0, 0.1) is 13.8 Å². The maximum atomic E-state index is 12.1. The summed E-state index contributed by atoms with van der Waals surface area (Å²) < 4.78 is 5.46. The van der Waals surface area contributed by atoms with Crippen LogP contribution in [0.3, 0.4) is 0 Å². The lowest BCUT2D eigenvalue weighted by molar-refractivity contribution is -0.136. The molecule has 4 nitrogen and oxygen atoms in total. The van der Waals surface area contributed by atoms with E-state index in [1.807, 2.05) is 26.0 Å². The van der Waals surface area contributed by atoms with Crippen LogP contribution in [0.15, 0.2) is 42.5 Å². The van der Waals surface area contributed by atoms with Crippen LogP contribution in [0.25, 0.3) is 0 Å². The molecule has 0 heterocycles. The van der Waals surface area contributed by atoms with Gasteiger partial charge in [0.1, 0.15) is 5.75 Å². The lowest BCUT2D eigenvalue weighted by Gasteiger charge is -2.07. The number of carbonyl (C=O) groups is 2. The van der Waals surface area contributed by atoms with Crippen molar-refractivity contribution in [1.29, 1.82) is 0 Å². The van der Waals surface area contributed by atoms with Gasteiger partial charge in [-0.25, -0.2) is 0 Å². The van der Waals surface area contributed by atoms with Crippen LogP contribution in [0.2, 0.25) is 0 Å². The number of hydrogen-bond donors (Lipinski definition) is 1. The maximum absolute atomic E-state index is 12.1. The monoisotopic (exact) mass is 298 g/mol. The molecule has 0 saturated heterocycles. The highest BCUT2D eigenvalue weighted by molar-refractivity contribution is 5.97. The first-order valence-corrected chi connectivity index (χ1v) is 6.99. The minimum absolute atomic E-state index is 0.0259. The number of carbonyl (C=O) groups excluding carboxylic acids is 1. The molecule has 0 aliphatic carbocycles. The molecule has 114 valence electrons. The Balaban J connectivity index is 1.95. The summed E-state index contributed by atoms with van der Waals surface area (Å²) in [5, 5.41) is 8.70. The largest absolute Gasteiger partial charge is 0.485 e. The number of benzene rings is 2. The van der Waals surface area contributed by atoms with E-state index in [0.29, 0.717) is 16.9 Å². The molecule has 0 fully saturated rings. The van der Waals surface area contributed by atoms with E-state index in [2.05, 4.69) is 0 Å². The maximum Gasteiger partial charge on any atom is 0.307 e. The molecule has 0 aliphatic rings. The standard InChI is InChI=1S/C18H18O4/c1-12-3-6-15(9-13(12)2)17(19)11-22-16-7-4-14(5-8-16)10-18(20)21/h3-9H,10-11H2,1-2H3,(H,20,21). The second-order valence-electron chi connectivity index (χ2n) is 5.23. The number of rotatable bonds is 6. The lowest BCUT2D eigenvalue weighted by Crippen LogP contribution is -2.12. The molecule has 4 heteroatoms. The first kappa shape index (κ1) is 15.8. The van der Waals surface area contributed by atoms with Gasteiger partial charge in [-0.2, -0.15) is 0 Å².